The van der Waals surface area contributed by atoms with Crippen molar-refractivity contribution in [1.82, 2.24) is 30.4 Å². The van der Waals surface area contributed by atoms with Gasteiger partial charge < -0.3 is 25.4 Å². The number of hydrogen-bond acceptors (Lipinski definition) is 6. The maximum atomic E-state index is 13.3. The van der Waals surface area contributed by atoms with Gasteiger partial charge in [0.1, 0.15) is 5.69 Å². The van der Waals surface area contributed by atoms with Crippen molar-refractivity contribution in [2.75, 3.05) is 34.2 Å². The Bertz CT molecular complexity index is 1260. The minimum absolute atomic E-state index is 0.131. The minimum atomic E-state index is -0.143. The molecule has 8 nitrogen and oxygen atoms in total. The highest BCUT2D eigenvalue weighted by Crippen LogP contribution is 2.28. The first-order valence-corrected chi connectivity index (χ1v) is 13.6. The zero-order valence-electron chi connectivity index (χ0n) is 21.6. The van der Waals surface area contributed by atoms with Crippen LogP contribution >= 0.6 is 11.3 Å². The molecule has 3 N–H and O–H groups in total. The summed E-state index contributed by atoms with van der Waals surface area (Å²) < 4.78 is 0. The minimum Gasteiger partial charge on any atom is -0.351 e. The number of benzene rings is 1. The molecular formula is C27H36N6O2S. The number of carbonyl (C=O) groups is 2. The summed E-state index contributed by atoms with van der Waals surface area (Å²) in [6.07, 6.45) is 3.55. The van der Waals surface area contributed by atoms with Crippen molar-refractivity contribution in [2.24, 2.45) is 5.92 Å². The number of nitrogens with zero attached hydrogens (tertiary/aromatic N) is 3. The average Bonchev–Trinajstić information content (AvgIpc) is 3.44. The van der Waals surface area contributed by atoms with Crippen LogP contribution < -0.4 is 10.6 Å². The highest BCUT2D eigenvalue weighted by atomic mass is 32.1. The number of aromatic nitrogens is 2. The van der Waals surface area contributed by atoms with Gasteiger partial charge in [-0.05, 0) is 71.4 Å². The lowest BCUT2D eigenvalue weighted by atomic mass is 9.81. The summed E-state index contributed by atoms with van der Waals surface area (Å²) >= 11 is 1.50. The molecule has 1 aliphatic carbocycles. The van der Waals surface area contributed by atoms with E-state index in [0.29, 0.717) is 16.6 Å². The maximum Gasteiger partial charge on any atom is 0.280 e. The van der Waals surface area contributed by atoms with Gasteiger partial charge in [-0.25, -0.2) is 4.98 Å². The van der Waals surface area contributed by atoms with Gasteiger partial charge in [0.05, 0.1) is 5.69 Å². The van der Waals surface area contributed by atoms with E-state index in [1.54, 1.807) is 0 Å². The summed E-state index contributed by atoms with van der Waals surface area (Å²) in [5.74, 6) is 0.201. The fraction of sp³-hybridized carbons (Fsp3) is 0.519. The molecule has 192 valence electrons. The number of aromatic amines is 1. The molecule has 0 unspecified atom stereocenters. The maximum absolute atomic E-state index is 13.3. The molecule has 0 radical (unpaired) electrons. The van der Waals surface area contributed by atoms with Crippen molar-refractivity contribution < 1.29 is 9.59 Å². The first kappa shape index (κ1) is 24.9. The third kappa shape index (κ3) is 5.48. The summed E-state index contributed by atoms with van der Waals surface area (Å²) in [6, 6.07) is 7.74. The number of H-pyrrole nitrogens is 1. The van der Waals surface area contributed by atoms with Crippen LogP contribution in [0.25, 0.3) is 10.9 Å². The van der Waals surface area contributed by atoms with Gasteiger partial charge >= 0.3 is 0 Å². The largest absolute Gasteiger partial charge is 0.351 e. The SMILES string of the molecule is Cc1ccc2[nH]c(C(=O)N[C@H]3CC[C@H](CN(C)C)C[C@H]3NC(=O)c3nc4c(s3)CN(C)CC4)cc2c1. The normalized spacial score (nSPS) is 22.5. The van der Waals surface area contributed by atoms with Crippen LogP contribution in [0.1, 0.15) is 55.7 Å². The zero-order chi connectivity index (χ0) is 25.4. The molecule has 0 spiro atoms. The van der Waals surface area contributed by atoms with Crippen molar-refractivity contribution in [3.63, 3.8) is 0 Å². The molecule has 36 heavy (non-hydrogen) atoms. The molecule has 2 aromatic heterocycles. The van der Waals surface area contributed by atoms with Crippen LogP contribution in [0.5, 0.6) is 0 Å². The standard InChI is InChI=1S/C27H36N6O2S/c1-16-5-7-19-18(11-16)13-23(28-19)25(34)29-20-8-6-17(14-32(2)3)12-22(20)30-26(35)27-31-21-9-10-33(4)15-24(21)36-27/h5,7,11,13,17,20,22,28H,6,8-10,12,14-15H2,1-4H3,(H,29,34)(H,30,35)/t17-,20-,22+/m0/s1. The fourth-order valence-corrected chi connectivity index (χ4v) is 6.63. The molecule has 0 saturated heterocycles. The lowest BCUT2D eigenvalue weighted by Gasteiger charge is -2.37. The van der Waals surface area contributed by atoms with Crippen molar-refractivity contribution in [3.05, 3.63) is 51.1 Å². The second-order valence-electron chi connectivity index (χ2n) is 10.8. The Morgan fingerprint density at radius 3 is 2.78 bits per heavy atom. The van der Waals surface area contributed by atoms with E-state index in [-0.39, 0.29) is 23.9 Å². The highest BCUT2D eigenvalue weighted by molar-refractivity contribution is 7.13. The van der Waals surface area contributed by atoms with Gasteiger partial charge in [0.25, 0.3) is 11.8 Å². The van der Waals surface area contributed by atoms with Crippen LogP contribution in [0, 0.1) is 12.8 Å². The predicted molar refractivity (Wildman–Crippen MR) is 144 cm³/mol. The number of rotatable bonds is 6. The number of likely N-dealkylation sites (N-methyl/N-ethyl adjacent to an activating group) is 1. The Morgan fingerprint density at radius 2 is 1.97 bits per heavy atom. The first-order chi connectivity index (χ1) is 17.2. The summed E-state index contributed by atoms with van der Waals surface area (Å²) in [5.41, 5.74) is 3.71. The van der Waals surface area contributed by atoms with E-state index in [0.717, 1.165) is 67.5 Å². The summed E-state index contributed by atoms with van der Waals surface area (Å²) in [5, 5.41) is 8.03. The molecule has 3 atom stereocenters. The Balaban J connectivity index is 1.31. The third-order valence-electron chi connectivity index (χ3n) is 7.35. The molecule has 2 amide bonds. The van der Waals surface area contributed by atoms with E-state index < -0.39 is 0 Å². The summed E-state index contributed by atoms with van der Waals surface area (Å²) in [4.78, 5) is 40.0. The van der Waals surface area contributed by atoms with Crippen LogP contribution in [0.3, 0.4) is 0 Å². The third-order valence-corrected chi connectivity index (χ3v) is 8.43. The molecule has 1 aliphatic heterocycles. The number of aryl methyl sites for hydroxylation is 1. The topological polar surface area (TPSA) is 93.4 Å². The number of nitrogens with one attached hydrogen (secondary N) is 3. The predicted octanol–water partition coefficient (Wildman–Crippen LogP) is 3.18. The molecule has 1 aromatic carbocycles. The molecule has 3 aromatic rings. The average molecular weight is 509 g/mol. The van der Waals surface area contributed by atoms with Gasteiger partial charge in [-0.1, -0.05) is 11.6 Å². The van der Waals surface area contributed by atoms with Crippen LogP contribution in [-0.2, 0) is 13.0 Å². The van der Waals surface area contributed by atoms with Crippen LogP contribution in [-0.4, -0.2) is 77.9 Å². The van der Waals surface area contributed by atoms with Crippen LogP contribution in [0.2, 0.25) is 0 Å². The molecule has 1 fully saturated rings. The van der Waals surface area contributed by atoms with Gasteiger partial charge in [-0.2, -0.15) is 0 Å². The monoisotopic (exact) mass is 508 g/mol. The Hall–Kier alpha value is -2.75. The van der Waals surface area contributed by atoms with E-state index >= 15 is 0 Å². The Labute approximate surface area is 216 Å². The van der Waals surface area contributed by atoms with Crippen molar-refractivity contribution in [3.8, 4) is 0 Å². The van der Waals surface area contributed by atoms with Gasteiger partial charge in [-0.15, -0.1) is 11.3 Å². The number of fused-ring (bicyclic) bond motifs is 2. The van der Waals surface area contributed by atoms with E-state index in [1.165, 1.54) is 16.2 Å². The number of carbonyl (C=O) groups excluding carboxylic acids is 2. The molecule has 3 heterocycles. The fourth-order valence-electron chi connectivity index (χ4n) is 5.54. The molecule has 0 bridgehead atoms. The van der Waals surface area contributed by atoms with Crippen LogP contribution in [0.4, 0.5) is 0 Å². The van der Waals surface area contributed by atoms with Gasteiger partial charge in [0.15, 0.2) is 5.01 Å². The zero-order valence-corrected chi connectivity index (χ0v) is 22.4. The first-order valence-electron chi connectivity index (χ1n) is 12.8. The van der Waals surface area contributed by atoms with Gasteiger partial charge in [-0.3, -0.25) is 9.59 Å². The van der Waals surface area contributed by atoms with Crippen molar-refractivity contribution in [2.45, 2.75) is 51.2 Å². The van der Waals surface area contributed by atoms with E-state index in [4.69, 9.17) is 0 Å². The van der Waals surface area contributed by atoms with Crippen LogP contribution in [0.15, 0.2) is 24.3 Å². The lowest BCUT2D eigenvalue weighted by molar-refractivity contribution is 0.0834. The summed E-state index contributed by atoms with van der Waals surface area (Å²) in [6.45, 7) is 4.82. The van der Waals surface area contributed by atoms with Crippen molar-refractivity contribution >= 4 is 34.1 Å². The molecule has 1 saturated carbocycles. The Morgan fingerprint density at radius 1 is 1.17 bits per heavy atom. The summed E-state index contributed by atoms with van der Waals surface area (Å²) in [7, 11) is 6.25. The molecule has 5 rings (SSSR count). The smallest absolute Gasteiger partial charge is 0.280 e. The molecular weight excluding hydrogens is 472 g/mol. The quantitative estimate of drug-likeness (QED) is 0.476. The van der Waals surface area contributed by atoms with Gasteiger partial charge in [0.2, 0.25) is 0 Å². The highest BCUT2D eigenvalue weighted by Gasteiger charge is 2.34. The van der Waals surface area contributed by atoms with E-state index in [2.05, 4.69) is 57.6 Å². The van der Waals surface area contributed by atoms with Gasteiger partial charge in [0, 0.05) is 53.9 Å². The second-order valence-corrected chi connectivity index (χ2v) is 11.8. The number of thiazole rings is 1. The lowest BCUT2D eigenvalue weighted by Crippen LogP contribution is -2.55. The van der Waals surface area contributed by atoms with E-state index in [1.807, 2.05) is 25.1 Å². The van der Waals surface area contributed by atoms with Crippen molar-refractivity contribution in [1.29, 1.82) is 0 Å². The van der Waals surface area contributed by atoms with E-state index in [9.17, 15) is 9.59 Å². The molecule has 2 aliphatic rings. The Kier molecular flexibility index (Phi) is 7.14. The number of hydrogen-bond donors (Lipinski definition) is 3. The second kappa shape index (κ2) is 10.3. The number of amides is 2. The molecule has 9 heteroatoms.